The van der Waals surface area contributed by atoms with Crippen LogP contribution in [0.3, 0.4) is 0 Å². The number of fused-ring (bicyclic) bond motifs is 1. The van der Waals surface area contributed by atoms with Gasteiger partial charge in [-0.1, -0.05) is 13.0 Å². The predicted octanol–water partition coefficient (Wildman–Crippen LogP) is 3.90. The predicted molar refractivity (Wildman–Crippen MR) is 101 cm³/mol. The number of nitrogens with zero attached hydrogens (tertiary/aromatic N) is 2. The van der Waals surface area contributed by atoms with Crippen LogP contribution in [0.25, 0.3) is 16.7 Å². The van der Waals surface area contributed by atoms with Crippen LogP contribution in [0.5, 0.6) is 0 Å². The second kappa shape index (κ2) is 7.59. The summed E-state index contributed by atoms with van der Waals surface area (Å²) in [5.74, 6) is 0. The largest absolute Gasteiger partial charge is 0.444 e. The molecule has 0 bridgehead atoms. The highest BCUT2D eigenvalue weighted by Gasteiger charge is 2.20. The average molecular weight is 344 g/mol. The van der Waals surface area contributed by atoms with Crippen LogP contribution in [0, 0.1) is 0 Å². The summed E-state index contributed by atoms with van der Waals surface area (Å²) in [7, 11) is 3.62. The Balaban J connectivity index is 2.18. The maximum absolute atomic E-state index is 12.1. The molecule has 0 atom stereocenters. The number of carbonyl (C=O) groups excluding carboxylic acids is 1. The fourth-order valence-electron chi connectivity index (χ4n) is 2.50. The highest BCUT2D eigenvalue weighted by atomic mass is 16.6. The van der Waals surface area contributed by atoms with Crippen LogP contribution in [0.4, 0.5) is 4.79 Å². The van der Waals surface area contributed by atoms with Crippen LogP contribution in [0.2, 0.25) is 0 Å². The van der Waals surface area contributed by atoms with Crippen molar-refractivity contribution in [3.63, 3.8) is 0 Å². The van der Waals surface area contributed by atoms with Crippen molar-refractivity contribution in [1.82, 2.24) is 20.2 Å². The zero-order valence-corrected chi connectivity index (χ0v) is 15.9. The lowest BCUT2D eigenvalue weighted by molar-refractivity contribution is 0.0283. The second-order valence-corrected chi connectivity index (χ2v) is 7.04. The van der Waals surface area contributed by atoms with E-state index in [-0.39, 0.29) is 6.09 Å². The van der Waals surface area contributed by atoms with E-state index < -0.39 is 5.60 Å². The summed E-state index contributed by atoms with van der Waals surface area (Å²) in [6, 6.07) is 5.96. The van der Waals surface area contributed by atoms with E-state index in [4.69, 9.17) is 9.72 Å². The fourth-order valence-corrected chi connectivity index (χ4v) is 2.50. The molecule has 0 aliphatic rings. The third-order valence-electron chi connectivity index (χ3n) is 3.60. The van der Waals surface area contributed by atoms with E-state index in [9.17, 15) is 4.79 Å². The van der Waals surface area contributed by atoms with Crippen molar-refractivity contribution in [2.45, 2.75) is 46.3 Å². The molecule has 0 saturated carbocycles. The van der Waals surface area contributed by atoms with Crippen LogP contribution in [-0.2, 0) is 11.3 Å². The van der Waals surface area contributed by atoms with Crippen LogP contribution in [0.15, 0.2) is 24.3 Å². The van der Waals surface area contributed by atoms with Gasteiger partial charge in [0.2, 0.25) is 0 Å². The number of amides is 1. The standard InChI is InChI=1S/C19H28N4O2/c1-7-8-14(20-5)15-9-10-16-17(22-15)11-13(21-16)12-23(6)18(24)25-19(2,3)4/h8-11,20-21H,7,12H2,1-6H3/b14-8-. The molecule has 0 saturated heterocycles. The summed E-state index contributed by atoms with van der Waals surface area (Å²) in [6.07, 6.45) is 2.70. The van der Waals surface area contributed by atoms with Gasteiger partial charge < -0.3 is 19.9 Å². The monoisotopic (exact) mass is 344 g/mol. The Bertz CT molecular complexity index is 771. The van der Waals surface area contributed by atoms with Gasteiger partial charge in [0, 0.05) is 19.8 Å². The van der Waals surface area contributed by atoms with Gasteiger partial charge in [0.1, 0.15) is 5.60 Å². The quantitative estimate of drug-likeness (QED) is 0.863. The number of hydrogen-bond donors (Lipinski definition) is 2. The Hall–Kier alpha value is -2.50. The number of carbonyl (C=O) groups is 1. The SMILES string of the molecule is CC/C=C(\NC)c1ccc2[nH]c(CN(C)C(=O)OC(C)(C)C)cc2n1. The molecular weight excluding hydrogens is 316 g/mol. The van der Waals surface area contributed by atoms with E-state index in [1.165, 1.54) is 0 Å². The van der Waals surface area contributed by atoms with Crippen molar-refractivity contribution in [1.29, 1.82) is 0 Å². The number of hydrogen-bond acceptors (Lipinski definition) is 4. The number of nitrogens with one attached hydrogen (secondary N) is 2. The summed E-state index contributed by atoms with van der Waals surface area (Å²) < 4.78 is 5.38. The maximum atomic E-state index is 12.1. The van der Waals surface area contributed by atoms with Gasteiger partial charge in [0.15, 0.2) is 0 Å². The van der Waals surface area contributed by atoms with Crippen molar-refractivity contribution < 1.29 is 9.53 Å². The summed E-state index contributed by atoms with van der Waals surface area (Å²) >= 11 is 0. The van der Waals surface area contributed by atoms with Crippen molar-refractivity contribution in [2.75, 3.05) is 14.1 Å². The molecule has 2 rings (SSSR count). The minimum Gasteiger partial charge on any atom is -0.444 e. The molecule has 0 unspecified atom stereocenters. The van der Waals surface area contributed by atoms with Gasteiger partial charge in [-0.3, -0.25) is 0 Å². The molecule has 136 valence electrons. The number of rotatable bonds is 5. The molecule has 0 fully saturated rings. The highest BCUT2D eigenvalue weighted by molar-refractivity contribution is 5.79. The molecule has 1 amide bonds. The number of aromatic amines is 1. The van der Waals surface area contributed by atoms with Crippen LogP contribution in [-0.4, -0.2) is 40.7 Å². The Morgan fingerprint density at radius 1 is 1.40 bits per heavy atom. The van der Waals surface area contributed by atoms with E-state index in [1.54, 1.807) is 11.9 Å². The summed E-state index contributed by atoms with van der Waals surface area (Å²) in [4.78, 5) is 21.6. The molecule has 25 heavy (non-hydrogen) atoms. The molecule has 0 aliphatic heterocycles. The normalized spacial score (nSPS) is 12.3. The maximum Gasteiger partial charge on any atom is 0.410 e. The van der Waals surface area contributed by atoms with Gasteiger partial charge in [-0.25, -0.2) is 9.78 Å². The molecule has 6 nitrogen and oxygen atoms in total. The second-order valence-electron chi connectivity index (χ2n) is 7.04. The third kappa shape index (κ3) is 4.98. The fraction of sp³-hybridized carbons (Fsp3) is 0.474. The first-order valence-electron chi connectivity index (χ1n) is 8.54. The Morgan fingerprint density at radius 2 is 2.12 bits per heavy atom. The van der Waals surface area contributed by atoms with Gasteiger partial charge >= 0.3 is 6.09 Å². The van der Waals surface area contributed by atoms with Gasteiger partial charge in [-0.15, -0.1) is 0 Å². The molecule has 2 aromatic rings. The average Bonchev–Trinajstić information content (AvgIpc) is 2.92. The minimum atomic E-state index is -0.503. The van der Waals surface area contributed by atoms with Crippen LogP contribution < -0.4 is 5.32 Å². The summed E-state index contributed by atoms with van der Waals surface area (Å²) in [5.41, 5.74) is 4.15. The van der Waals surface area contributed by atoms with Gasteiger partial charge in [0.25, 0.3) is 0 Å². The lowest BCUT2D eigenvalue weighted by Crippen LogP contribution is -2.33. The number of allylic oxidation sites excluding steroid dienone is 1. The lowest BCUT2D eigenvalue weighted by atomic mass is 10.2. The number of H-pyrrole nitrogens is 1. The molecule has 2 aromatic heterocycles. The molecule has 6 heteroatoms. The molecule has 0 spiro atoms. The van der Waals surface area contributed by atoms with E-state index in [1.807, 2.05) is 46.0 Å². The van der Waals surface area contributed by atoms with Gasteiger partial charge in [-0.2, -0.15) is 0 Å². The number of pyridine rings is 1. The molecular formula is C19H28N4O2. The molecule has 0 aliphatic carbocycles. The van der Waals surface area contributed by atoms with Crippen molar-refractivity contribution in [2.24, 2.45) is 0 Å². The molecule has 0 radical (unpaired) electrons. The van der Waals surface area contributed by atoms with E-state index >= 15 is 0 Å². The lowest BCUT2D eigenvalue weighted by Gasteiger charge is -2.24. The zero-order valence-electron chi connectivity index (χ0n) is 15.9. The summed E-state index contributed by atoms with van der Waals surface area (Å²) in [6.45, 7) is 8.10. The van der Waals surface area contributed by atoms with Crippen LogP contribution >= 0.6 is 0 Å². The first kappa shape index (κ1) is 18.8. The van der Waals surface area contributed by atoms with E-state index in [0.29, 0.717) is 6.54 Å². The van der Waals surface area contributed by atoms with E-state index in [2.05, 4.69) is 23.3 Å². The highest BCUT2D eigenvalue weighted by Crippen LogP contribution is 2.19. The first-order chi connectivity index (χ1) is 11.7. The first-order valence-corrected chi connectivity index (χ1v) is 8.54. The number of ether oxygens (including phenoxy) is 1. The van der Waals surface area contributed by atoms with Crippen molar-refractivity contribution in [3.8, 4) is 0 Å². The topological polar surface area (TPSA) is 70.2 Å². The van der Waals surface area contributed by atoms with Crippen LogP contribution in [0.1, 0.15) is 45.5 Å². The minimum absolute atomic E-state index is 0.344. The van der Waals surface area contributed by atoms with E-state index in [0.717, 1.165) is 34.5 Å². The smallest absolute Gasteiger partial charge is 0.410 e. The Labute approximate surface area is 149 Å². The summed E-state index contributed by atoms with van der Waals surface area (Å²) in [5, 5.41) is 3.18. The number of aromatic nitrogens is 2. The molecule has 2 heterocycles. The zero-order chi connectivity index (χ0) is 18.6. The molecule has 2 N–H and O–H groups in total. The van der Waals surface area contributed by atoms with Gasteiger partial charge in [-0.05, 0) is 45.4 Å². The van der Waals surface area contributed by atoms with Crippen molar-refractivity contribution in [3.05, 3.63) is 35.7 Å². The third-order valence-corrected chi connectivity index (χ3v) is 3.60. The Kier molecular flexibility index (Phi) is 5.72. The Morgan fingerprint density at radius 3 is 2.72 bits per heavy atom. The molecule has 0 aromatic carbocycles. The van der Waals surface area contributed by atoms with Gasteiger partial charge in [0.05, 0.1) is 29.0 Å². The van der Waals surface area contributed by atoms with Crippen molar-refractivity contribution >= 4 is 22.8 Å².